The van der Waals surface area contributed by atoms with E-state index in [2.05, 4.69) is 79.7 Å². The molecule has 3 unspecified atom stereocenters. The first kappa shape index (κ1) is 44.8. The summed E-state index contributed by atoms with van der Waals surface area (Å²) >= 11 is 0. The smallest absolute Gasteiger partial charge is 0.550 e. The molecule has 279 valence electrons. The summed E-state index contributed by atoms with van der Waals surface area (Å²) in [5.41, 5.74) is 5.63. The normalized spacial score (nSPS) is 19.8. The van der Waals surface area contributed by atoms with Gasteiger partial charge in [0, 0.05) is 46.6 Å². The molecule has 8 nitrogen and oxygen atoms in total. The number of unbranched alkanes of at least 4 members (excludes halogenated alkanes) is 2. The first-order valence-corrected chi connectivity index (χ1v) is 17.9. The van der Waals surface area contributed by atoms with Crippen LogP contribution in [0, 0.1) is 5.92 Å². The van der Waals surface area contributed by atoms with Crippen LogP contribution in [0.5, 0.6) is 11.5 Å². The molecule has 0 spiro atoms. The van der Waals surface area contributed by atoms with Crippen molar-refractivity contribution in [3.8, 4) is 11.5 Å². The fourth-order valence-electron chi connectivity index (χ4n) is 6.80. The van der Waals surface area contributed by atoms with Crippen LogP contribution in [-0.4, -0.2) is 46.2 Å². The van der Waals surface area contributed by atoms with Crippen molar-refractivity contribution in [1.29, 1.82) is 0 Å². The molecule has 2 fully saturated rings. The van der Waals surface area contributed by atoms with E-state index >= 15 is 0 Å². The van der Waals surface area contributed by atoms with E-state index in [0.29, 0.717) is 17.4 Å². The molecule has 0 aliphatic heterocycles. The van der Waals surface area contributed by atoms with Crippen LogP contribution >= 0.6 is 0 Å². The summed E-state index contributed by atoms with van der Waals surface area (Å²) < 4.78 is 0. The number of phenols is 2. The zero-order chi connectivity index (χ0) is 37.2. The van der Waals surface area contributed by atoms with Crippen LogP contribution < -0.4 is 10.2 Å². The molecule has 2 aliphatic rings. The van der Waals surface area contributed by atoms with Crippen molar-refractivity contribution in [3.05, 3.63) is 57.6 Å². The molecule has 2 aromatic carbocycles. The van der Waals surface area contributed by atoms with Gasteiger partial charge in [0.15, 0.2) is 0 Å². The molecule has 0 amide bonds. The summed E-state index contributed by atoms with van der Waals surface area (Å²) in [5.74, 6) is -0.821. The number of aliphatic carboxylic acids is 2. The number of carbonyl (C=O) groups excluding carboxylic acids is 2. The topological polar surface area (TPSA) is 145 Å². The number of benzene rings is 2. The van der Waals surface area contributed by atoms with Crippen LogP contribution in [0.2, 0.25) is 0 Å². The van der Waals surface area contributed by atoms with E-state index < -0.39 is 11.9 Å². The first-order chi connectivity index (χ1) is 22.7. The van der Waals surface area contributed by atoms with Crippen molar-refractivity contribution in [1.82, 2.24) is 0 Å². The number of aromatic hydroxyl groups is 2. The van der Waals surface area contributed by atoms with Gasteiger partial charge in [-0.3, -0.25) is 9.98 Å². The molecule has 0 aromatic heterocycles. The molecule has 2 aliphatic carbocycles. The van der Waals surface area contributed by atoms with Gasteiger partial charge in [-0.25, -0.2) is 0 Å². The Morgan fingerprint density at radius 3 is 1.62 bits per heavy atom. The first-order valence-electron chi connectivity index (χ1n) is 17.9. The number of rotatable bonds is 10. The van der Waals surface area contributed by atoms with Gasteiger partial charge < -0.3 is 30.0 Å². The summed E-state index contributed by atoms with van der Waals surface area (Å²) in [5, 5.41) is 40.3. The molecule has 1 radical (unpaired) electrons. The number of nitrogens with zero attached hydrogens (tertiary/aromatic N) is 2. The standard InChI is InChI=1S/C37H54N2O2.2C2H4O2.Co/c1-9-11-13-25-17-28(33(40)30(19-25)35(3,4)5)23-38-32-21-27-15-16-37(32,22-27)39-24-29-18-26(14-12-10-2)20-31(34(29)41)36(6,7)8;2*1-2(3)4;/h17-20,23-24,27,32,40-41H,9-16,21-22H2,1-8H3;2*1H3,(H,3,4);/q;;;+2/p-2. The van der Waals surface area contributed by atoms with Gasteiger partial charge in [-0.15, -0.1) is 0 Å². The number of carboxylic acids is 2. The van der Waals surface area contributed by atoms with Crippen LogP contribution in [0.25, 0.3) is 0 Å². The summed E-state index contributed by atoms with van der Waals surface area (Å²) in [7, 11) is 0. The molecule has 0 heterocycles. The molecular weight excluding hydrogens is 675 g/mol. The fourth-order valence-corrected chi connectivity index (χ4v) is 6.80. The number of phenolic OH excluding ortho intramolecular Hbond substituents is 2. The molecule has 2 saturated carbocycles. The Morgan fingerprint density at radius 1 is 0.820 bits per heavy atom. The summed E-state index contributed by atoms with van der Waals surface area (Å²) in [6.07, 6.45) is 14.7. The quantitative estimate of drug-likeness (QED) is 0.259. The van der Waals surface area contributed by atoms with Crippen LogP contribution in [0.15, 0.2) is 34.3 Å². The fraction of sp³-hybridized carbons (Fsp3) is 0.610. The Morgan fingerprint density at radius 2 is 1.24 bits per heavy atom. The number of carboxylic acid groups (broad SMARTS) is 2. The van der Waals surface area contributed by atoms with Crippen molar-refractivity contribution in [3.63, 3.8) is 0 Å². The summed E-state index contributed by atoms with van der Waals surface area (Å²) in [4.78, 5) is 28.2. The third-order valence-corrected chi connectivity index (χ3v) is 9.31. The maximum Gasteiger partial charge on any atom is 2.00 e. The van der Waals surface area contributed by atoms with Gasteiger partial charge in [-0.05, 0) is 105 Å². The summed E-state index contributed by atoms with van der Waals surface area (Å²) in [6.45, 7) is 19.3. The van der Waals surface area contributed by atoms with Crippen LogP contribution in [0.3, 0.4) is 0 Å². The number of fused-ring (bicyclic) bond motifs is 2. The van der Waals surface area contributed by atoms with E-state index in [4.69, 9.17) is 29.8 Å². The average Bonchev–Trinajstić information content (AvgIpc) is 3.55. The second-order valence-corrected chi connectivity index (χ2v) is 15.9. The van der Waals surface area contributed by atoms with Gasteiger partial charge in [-0.2, -0.15) is 0 Å². The van der Waals surface area contributed by atoms with E-state index in [1.165, 1.54) is 17.5 Å². The Bertz CT molecular complexity index is 1470. The van der Waals surface area contributed by atoms with Crippen LogP contribution in [-0.2, 0) is 50.0 Å². The SMILES string of the molecule is CC(=O)[O-].CC(=O)[O-].CCCCc1cc(C=NC2CC3CCC2(N=Cc2cc(CCCC)cc(C(C)(C)C)c2O)C3)c(O)c(C(C)(C)C)c1.[Co+2]. The Balaban J connectivity index is 0.00000125. The molecular formula is C41H60CoN2O6. The van der Waals surface area contributed by atoms with Crippen molar-refractivity contribution >= 4 is 24.4 Å². The Hall–Kier alpha value is -3.17. The maximum atomic E-state index is 11.3. The molecule has 2 N–H and O–H groups in total. The van der Waals surface area contributed by atoms with Gasteiger partial charge >= 0.3 is 16.8 Å². The van der Waals surface area contributed by atoms with E-state index in [-0.39, 0.29) is 39.2 Å². The second kappa shape index (κ2) is 19.4. The number of hydrogen-bond donors (Lipinski definition) is 2. The number of carbonyl (C=O) groups is 2. The number of aryl methyl sites for hydroxylation is 2. The van der Waals surface area contributed by atoms with Crippen LogP contribution in [0.1, 0.15) is 154 Å². The van der Waals surface area contributed by atoms with E-state index in [1.807, 2.05) is 12.4 Å². The van der Waals surface area contributed by atoms with E-state index in [0.717, 1.165) is 93.9 Å². The average molecular weight is 736 g/mol. The predicted molar refractivity (Wildman–Crippen MR) is 196 cm³/mol. The maximum absolute atomic E-state index is 11.3. The van der Waals surface area contributed by atoms with Crippen molar-refractivity contribution in [2.75, 3.05) is 0 Å². The van der Waals surface area contributed by atoms with Gasteiger partial charge in [0.25, 0.3) is 0 Å². The predicted octanol–water partition coefficient (Wildman–Crippen LogP) is 6.74. The van der Waals surface area contributed by atoms with Gasteiger partial charge in [0.05, 0.1) is 11.6 Å². The summed E-state index contributed by atoms with van der Waals surface area (Å²) in [6, 6.07) is 8.71. The minimum absolute atomic E-state index is 0. The largest absolute Gasteiger partial charge is 2.00 e. The van der Waals surface area contributed by atoms with Crippen LogP contribution in [0.4, 0.5) is 0 Å². The van der Waals surface area contributed by atoms with Gasteiger partial charge in [-0.1, -0.05) is 80.4 Å². The van der Waals surface area contributed by atoms with E-state index in [9.17, 15) is 10.2 Å². The molecule has 4 rings (SSSR count). The van der Waals surface area contributed by atoms with Crippen molar-refractivity contribution < 1.29 is 46.8 Å². The van der Waals surface area contributed by atoms with Gasteiger partial charge in [0.1, 0.15) is 11.5 Å². The Labute approximate surface area is 311 Å². The molecule has 3 atom stereocenters. The second-order valence-electron chi connectivity index (χ2n) is 15.9. The monoisotopic (exact) mass is 735 g/mol. The number of aliphatic imine (C=N–C) groups is 2. The molecule has 0 saturated heterocycles. The molecule has 2 aromatic rings. The molecule has 50 heavy (non-hydrogen) atoms. The zero-order valence-corrected chi connectivity index (χ0v) is 33.0. The minimum atomic E-state index is -1.08. The van der Waals surface area contributed by atoms with Crippen molar-refractivity contribution in [2.45, 2.75) is 156 Å². The number of hydrogen-bond acceptors (Lipinski definition) is 8. The van der Waals surface area contributed by atoms with Gasteiger partial charge in [0.2, 0.25) is 0 Å². The zero-order valence-electron chi connectivity index (χ0n) is 31.9. The molecule has 9 heteroatoms. The van der Waals surface area contributed by atoms with Crippen molar-refractivity contribution in [2.24, 2.45) is 15.9 Å². The van der Waals surface area contributed by atoms with E-state index in [1.54, 1.807) is 0 Å². The third kappa shape index (κ3) is 13.2. The molecule has 2 bridgehead atoms. The Kier molecular flexibility index (Phi) is 17.4. The minimum Gasteiger partial charge on any atom is -0.550 e. The third-order valence-electron chi connectivity index (χ3n) is 9.31.